The molecule has 0 aliphatic carbocycles. The summed E-state index contributed by atoms with van der Waals surface area (Å²) in [6.07, 6.45) is 0. The predicted molar refractivity (Wildman–Crippen MR) is 89.5 cm³/mol. The highest BCUT2D eigenvalue weighted by Gasteiger charge is 2.49. The van der Waals surface area contributed by atoms with Gasteiger partial charge < -0.3 is 4.18 Å². The first kappa shape index (κ1) is 20.3. The minimum atomic E-state index is -6.01. The van der Waals surface area contributed by atoms with Crippen molar-refractivity contribution in [3.63, 3.8) is 0 Å². The average molecular weight is 399 g/mol. The lowest BCUT2D eigenvalue weighted by atomic mass is 9.98. The highest BCUT2D eigenvalue weighted by atomic mass is 32.2. The molecule has 2 aromatic rings. The van der Waals surface area contributed by atoms with Crippen molar-refractivity contribution in [2.24, 2.45) is 5.18 Å². The largest absolute Gasteiger partial charge is 0.534 e. The van der Waals surface area contributed by atoms with Crippen molar-refractivity contribution < 1.29 is 25.8 Å². The molecule has 0 aliphatic rings. The molecule has 11 heteroatoms. The third-order valence-electron chi connectivity index (χ3n) is 3.47. The molecule has 0 saturated carbocycles. The van der Waals surface area contributed by atoms with Crippen molar-refractivity contribution in [1.82, 2.24) is 4.98 Å². The number of nitroso groups, excluding NO2 is 1. The minimum absolute atomic E-state index is 0.103. The number of benzene rings is 1. The van der Waals surface area contributed by atoms with Crippen molar-refractivity contribution in [1.29, 1.82) is 5.26 Å². The summed E-state index contributed by atoms with van der Waals surface area (Å²) in [4.78, 5) is 14.3. The first-order valence-electron chi connectivity index (χ1n) is 7.39. The molecule has 1 aromatic carbocycles. The molecule has 1 aromatic heterocycles. The van der Waals surface area contributed by atoms with E-state index in [1.807, 2.05) is 0 Å². The first-order valence-corrected chi connectivity index (χ1v) is 8.80. The standard InChI is InChI=1S/C16H12F3N3O4S/c1-9(2)14-7-12(10-3-5-11(22-23)6-4-10)13(8-20)15(21-14)26-27(24,25)16(17,18)19/h3-7,9H,1-2H3. The Kier molecular flexibility index (Phi) is 5.51. The van der Waals surface area contributed by atoms with E-state index in [1.165, 1.54) is 30.3 Å². The molecule has 0 saturated heterocycles. The van der Waals surface area contributed by atoms with Gasteiger partial charge in [0.05, 0.1) is 0 Å². The molecule has 1 heterocycles. The van der Waals surface area contributed by atoms with Crippen LogP contribution >= 0.6 is 0 Å². The molecule has 0 bridgehead atoms. The van der Waals surface area contributed by atoms with E-state index in [2.05, 4.69) is 14.3 Å². The highest BCUT2D eigenvalue weighted by Crippen LogP contribution is 2.35. The Morgan fingerprint density at radius 2 is 1.81 bits per heavy atom. The van der Waals surface area contributed by atoms with Gasteiger partial charge in [0.2, 0.25) is 0 Å². The van der Waals surface area contributed by atoms with Crippen molar-refractivity contribution in [3.8, 4) is 23.1 Å². The summed E-state index contributed by atoms with van der Waals surface area (Å²) in [5.74, 6) is -1.27. The second-order valence-electron chi connectivity index (χ2n) is 5.66. The Morgan fingerprint density at radius 3 is 2.26 bits per heavy atom. The van der Waals surface area contributed by atoms with Crippen LogP contribution in [0.5, 0.6) is 5.88 Å². The van der Waals surface area contributed by atoms with Crippen molar-refractivity contribution in [2.45, 2.75) is 25.3 Å². The van der Waals surface area contributed by atoms with Gasteiger partial charge in [-0.2, -0.15) is 26.9 Å². The lowest BCUT2D eigenvalue weighted by Crippen LogP contribution is -2.28. The van der Waals surface area contributed by atoms with E-state index in [-0.39, 0.29) is 22.9 Å². The first-order chi connectivity index (χ1) is 12.5. The van der Waals surface area contributed by atoms with Crippen LogP contribution in [0.3, 0.4) is 0 Å². The van der Waals surface area contributed by atoms with E-state index in [4.69, 9.17) is 0 Å². The Labute approximate surface area is 152 Å². The molecule has 2 rings (SSSR count). The van der Waals surface area contributed by atoms with Gasteiger partial charge in [-0.05, 0) is 34.9 Å². The summed E-state index contributed by atoms with van der Waals surface area (Å²) < 4.78 is 64.8. The molecule has 142 valence electrons. The van der Waals surface area contributed by atoms with Crippen LogP contribution in [0.1, 0.15) is 31.0 Å². The van der Waals surface area contributed by atoms with E-state index in [9.17, 15) is 31.8 Å². The number of rotatable bonds is 5. The summed E-state index contributed by atoms with van der Waals surface area (Å²) in [6.45, 7) is 3.36. The predicted octanol–water partition coefficient (Wildman–Crippen LogP) is 4.37. The van der Waals surface area contributed by atoms with Crippen molar-refractivity contribution in [2.75, 3.05) is 0 Å². The second kappa shape index (κ2) is 7.32. The van der Waals surface area contributed by atoms with Crippen LogP contribution in [0.2, 0.25) is 0 Å². The van der Waals surface area contributed by atoms with Crippen molar-refractivity contribution in [3.05, 3.63) is 46.5 Å². The summed E-state index contributed by atoms with van der Waals surface area (Å²) in [5, 5.41) is 12.1. The van der Waals surface area contributed by atoms with Gasteiger partial charge in [0, 0.05) is 11.3 Å². The van der Waals surface area contributed by atoms with Crippen LogP contribution in [0.25, 0.3) is 11.1 Å². The maximum atomic E-state index is 12.7. The van der Waals surface area contributed by atoms with Crippen LogP contribution in [0, 0.1) is 16.2 Å². The number of nitrogens with zero attached hydrogens (tertiary/aromatic N) is 3. The van der Waals surface area contributed by atoms with E-state index in [0.29, 0.717) is 5.56 Å². The number of nitriles is 1. The van der Waals surface area contributed by atoms with Gasteiger partial charge in [-0.25, -0.2) is 4.98 Å². The summed E-state index contributed by atoms with van der Waals surface area (Å²) in [5.41, 5.74) is -5.38. The highest BCUT2D eigenvalue weighted by molar-refractivity contribution is 7.87. The van der Waals surface area contributed by atoms with Crippen LogP contribution in [-0.2, 0) is 10.1 Å². The van der Waals surface area contributed by atoms with Gasteiger partial charge in [0.15, 0.2) is 0 Å². The molecular weight excluding hydrogens is 387 g/mol. The SMILES string of the molecule is CC(C)c1cc(-c2ccc(N=O)cc2)c(C#N)c(OS(=O)(=O)C(F)(F)F)n1. The molecule has 0 N–H and O–H groups in total. The molecule has 0 amide bonds. The Hall–Kier alpha value is -3.00. The summed E-state index contributed by atoms with van der Waals surface area (Å²) >= 11 is 0. The lowest BCUT2D eigenvalue weighted by Gasteiger charge is -2.15. The molecule has 0 atom stereocenters. The van der Waals surface area contributed by atoms with Crippen LogP contribution in [0.4, 0.5) is 18.9 Å². The van der Waals surface area contributed by atoms with E-state index >= 15 is 0 Å². The third kappa shape index (κ3) is 4.22. The molecule has 27 heavy (non-hydrogen) atoms. The topological polar surface area (TPSA) is 109 Å². The molecule has 0 spiro atoms. The van der Waals surface area contributed by atoms with E-state index in [1.54, 1.807) is 19.9 Å². The lowest BCUT2D eigenvalue weighted by molar-refractivity contribution is -0.0501. The monoisotopic (exact) mass is 399 g/mol. The third-order valence-corrected chi connectivity index (χ3v) is 4.41. The molecule has 7 nitrogen and oxygen atoms in total. The fourth-order valence-electron chi connectivity index (χ4n) is 2.09. The van der Waals surface area contributed by atoms with Gasteiger partial charge in [-0.3, -0.25) is 0 Å². The average Bonchev–Trinajstić information content (AvgIpc) is 2.59. The smallest absolute Gasteiger partial charge is 0.354 e. The maximum absolute atomic E-state index is 12.7. The molecule has 0 aliphatic heterocycles. The zero-order valence-electron chi connectivity index (χ0n) is 14.0. The normalized spacial score (nSPS) is 11.9. The van der Waals surface area contributed by atoms with Gasteiger partial charge in [0.25, 0.3) is 5.88 Å². The number of hydrogen-bond donors (Lipinski definition) is 0. The zero-order valence-corrected chi connectivity index (χ0v) is 14.8. The fraction of sp³-hybridized carbons (Fsp3) is 0.250. The van der Waals surface area contributed by atoms with Crippen LogP contribution in [0.15, 0.2) is 35.5 Å². The van der Waals surface area contributed by atoms with Gasteiger partial charge in [-0.15, -0.1) is 4.91 Å². The number of alkyl halides is 3. The minimum Gasteiger partial charge on any atom is -0.354 e. The van der Waals surface area contributed by atoms with Gasteiger partial charge in [-0.1, -0.05) is 26.0 Å². The fourth-order valence-corrected chi connectivity index (χ4v) is 2.51. The van der Waals surface area contributed by atoms with E-state index < -0.39 is 27.1 Å². The molecule has 0 radical (unpaired) electrons. The summed E-state index contributed by atoms with van der Waals surface area (Å²) in [6, 6.07) is 8.58. The zero-order chi connectivity index (χ0) is 20.4. The number of pyridine rings is 1. The number of halogens is 3. The summed E-state index contributed by atoms with van der Waals surface area (Å²) in [7, 11) is -6.01. The van der Waals surface area contributed by atoms with Crippen LogP contribution in [-0.4, -0.2) is 18.9 Å². The van der Waals surface area contributed by atoms with Gasteiger partial charge >= 0.3 is 15.6 Å². The van der Waals surface area contributed by atoms with Crippen LogP contribution < -0.4 is 4.18 Å². The maximum Gasteiger partial charge on any atom is 0.534 e. The van der Waals surface area contributed by atoms with E-state index in [0.717, 1.165) is 0 Å². The molecular formula is C16H12F3N3O4S. The Morgan fingerprint density at radius 1 is 1.22 bits per heavy atom. The Balaban J connectivity index is 2.72. The Bertz CT molecular complexity index is 1010. The second-order valence-corrected chi connectivity index (χ2v) is 7.20. The number of hydrogen-bond acceptors (Lipinski definition) is 7. The number of aromatic nitrogens is 1. The quantitative estimate of drug-likeness (QED) is 0.419. The van der Waals surface area contributed by atoms with Crippen molar-refractivity contribution >= 4 is 15.8 Å². The molecule has 0 fully saturated rings. The molecule has 0 unspecified atom stereocenters. The van der Waals surface area contributed by atoms with Gasteiger partial charge in [0.1, 0.15) is 17.3 Å².